The van der Waals surface area contributed by atoms with E-state index in [1.54, 1.807) is 13.8 Å². The van der Waals surface area contributed by atoms with Gasteiger partial charge in [-0.25, -0.2) is 8.42 Å². The van der Waals surface area contributed by atoms with E-state index in [4.69, 9.17) is 11.6 Å². The highest BCUT2D eigenvalue weighted by molar-refractivity contribution is 7.89. The number of ether oxygens (including phenoxy) is 1. The summed E-state index contributed by atoms with van der Waals surface area (Å²) in [4.78, 5) is 11.6. The molecular formula is C12H16ClNO4S. The van der Waals surface area contributed by atoms with Gasteiger partial charge in [-0.3, -0.25) is 4.79 Å². The molecule has 19 heavy (non-hydrogen) atoms. The molecule has 0 fully saturated rings. The van der Waals surface area contributed by atoms with Gasteiger partial charge in [0, 0.05) is 5.02 Å². The minimum atomic E-state index is -3.79. The summed E-state index contributed by atoms with van der Waals surface area (Å²) in [7, 11) is -2.57. The van der Waals surface area contributed by atoms with Crippen LogP contribution in [-0.2, 0) is 19.6 Å². The second-order valence-corrected chi connectivity index (χ2v) is 6.47. The molecule has 1 rings (SSSR count). The van der Waals surface area contributed by atoms with Crippen molar-refractivity contribution in [2.75, 3.05) is 7.11 Å². The summed E-state index contributed by atoms with van der Waals surface area (Å²) in [6.45, 7) is 3.46. The van der Waals surface area contributed by atoms with Crippen LogP contribution in [0.1, 0.15) is 13.8 Å². The highest BCUT2D eigenvalue weighted by Gasteiger charge is 2.28. The first-order valence-electron chi connectivity index (χ1n) is 5.63. The van der Waals surface area contributed by atoms with E-state index < -0.39 is 22.0 Å². The van der Waals surface area contributed by atoms with Crippen molar-refractivity contribution in [3.63, 3.8) is 0 Å². The van der Waals surface area contributed by atoms with Crippen LogP contribution in [-0.4, -0.2) is 27.5 Å². The topological polar surface area (TPSA) is 72.5 Å². The number of esters is 1. The van der Waals surface area contributed by atoms with E-state index >= 15 is 0 Å². The largest absolute Gasteiger partial charge is 0.468 e. The Labute approximate surface area is 118 Å². The molecule has 0 saturated carbocycles. The Hall–Kier alpha value is -1.11. The molecule has 0 aliphatic carbocycles. The van der Waals surface area contributed by atoms with Gasteiger partial charge < -0.3 is 4.74 Å². The van der Waals surface area contributed by atoms with E-state index in [1.807, 2.05) is 0 Å². The number of benzene rings is 1. The Balaban J connectivity index is 3.00. The van der Waals surface area contributed by atoms with Gasteiger partial charge in [0.15, 0.2) is 0 Å². The third kappa shape index (κ3) is 4.19. The Bertz CT molecular complexity index is 539. The highest BCUT2D eigenvalue weighted by atomic mass is 35.5. The van der Waals surface area contributed by atoms with Crippen LogP contribution in [0.5, 0.6) is 0 Å². The van der Waals surface area contributed by atoms with E-state index in [2.05, 4.69) is 9.46 Å². The van der Waals surface area contributed by atoms with Gasteiger partial charge in [-0.1, -0.05) is 25.4 Å². The van der Waals surface area contributed by atoms with Crippen LogP contribution >= 0.6 is 11.6 Å². The molecule has 1 aromatic carbocycles. The molecule has 7 heteroatoms. The van der Waals surface area contributed by atoms with E-state index in [0.29, 0.717) is 5.02 Å². The lowest BCUT2D eigenvalue weighted by molar-refractivity contribution is -0.143. The SMILES string of the molecule is COC(=O)[C@H](NS(=O)(=O)c1ccc(Cl)cc1)C(C)C. The fraction of sp³-hybridized carbons (Fsp3) is 0.417. The highest BCUT2D eigenvalue weighted by Crippen LogP contribution is 2.15. The van der Waals surface area contributed by atoms with E-state index in [1.165, 1.54) is 31.4 Å². The maximum absolute atomic E-state index is 12.1. The van der Waals surface area contributed by atoms with Crippen LogP contribution < -0.4 is 4.72 Å². The molecule has 1 N–H and O–H groups in total. The number of carbonyl (C=O) groups excluding carboxylic acids is 1. The smallest absolute Gasteiger partial charge is 0.324 e. The zero-order valence-corrected chi connectivity index (χ0v) is 12.5. The first kappa shape index (κ1) is 15.9. The molecule has 0 amide bonds. The Morgan fingerprint density at radius 2 is 1.79 bits per heavy atom. The van der Waals surface area contributed by atoms with E-state index in [0.717, 1.165) is 0 Å². The van der Waals surface area contributed by atoms with Gasteiger partial charge in [-0.15, -0.1) is 0 Å². The molecule has 0 bridgehead atoms. The summed E-state index contributed by atoms with van der Waals surface area (Å²) < 4.78 is 31.2. The summed E-state index contributed by atoms with van der Waals surface area (Å²) in [6.07, 6.45) is 0. The molecule has 1 atom stereocenters. The number of nitrogens with one attached hydrogen (secondary N) is 1. The van der Waals surface area contributed by atoms with Crippen molar-refractivity contribution in [1.29, 1.82) is 0 Å². The van der Waals surface area contributed by atoms with Crippen molar-refractivity contribution in [3.05, 3.63) is 29.3 Å². The maximum Gasteiger partial charge on any atom is 0.324 e. The summed E-state index contributed by atoms with van der Waals surface area (Å²) >= 11 is 5.70. The monoisotopic (exact) mass is 305 g/mol. The first-order valence-corrected chi connectivity index (χ1v) is 7.49. The third-order valence-electron chi connectivity index (χ3n) is 2.53. The number of carbonyl (C=O) groups is 1. The third-order valence-corrected chi connectivity index (χ3v) is 4.24. The molecule has 0 aromatic heterocycles. The summed E-state index contributed by atoms with van der Waals surface area (Å²) in [5.41, 5.74) is 0. The Morgan fingerprint density at radius 3 is 2.21 bits per heavy atom. The van der Waals surface area contributed by atoms with Gasteiger partial charge in [0.2, 0.25) is 10.0 Å². The number of hydrogen-bond donors (Lipinski definition) is 1. The second kappa shape index (κ2) is 6.36. The van der Waals surface area contributed by atoms with Crippen LogP contribution in [0.15, 0.2) is 29.2 Å². The Kier molecular flexibility index (Phi) is 5.34. The number of rotatable bonds is 5. The van der Waals surface area contributed by atoms with Crippen LogP contribution in [0.2, 0.25) is 5.02 Å². The summed E-state index contributed by atoms with van der Waals surface area (Å²) in [5, 5.41) is 0.437. The molecule has 106 valence electrons. The lowest BCUT2D eigenvalue weighted by Gasteiger charge is -2.19. The quantitative estimate of drug-likeness (QED) is 0.842. The first-order chi connectivity index (χ1) is 8.77. The van der Waals surface area contributed by atoms with Gasteiger partial charge in [0.25, 0.3) is 0 Å². The molecular weight excluding hydrogens is 290 g/mol. The zero-order valence-electron chi connectivity index (χ0n) is 10.9. The molecule has 5 nitrogen and oxygen atoms in total. The van der Waals surface area contributed by atoms with Crippen molar-refractivity contribution < 1.29 is 17.9 Å². The van der Waals surface area contributed by atoms with E-state index in [-0.39, 0.29) is 10.8 Å². The second-order valence-electron chi connectivity index (χ2n) is 4.32. The molecule has 0 radical (unpaired) electrons. The van der Waals surface area contributed by atoms with Gasteiger partial charge in [-0.05, 0) is 30.2 Å². The predicted octanol–water partition coefficient (Wildman–Crippen LogP) is 1.82. The van der Waals surface area contributed by atoms with Crippen molar-refractivity contribution in [2.24, 2.45) is 5.92 Å². The van der Waals surface area contributed by atoms with Gasteiger partial charge in [0.05, 0.1) is 12.0 Å². The molecule has 0 heterocycles. The van der Waals surface area contributed by atoms with Crippen molar-refractivity contribution >= 4 is 27.6 Å². The molecule has 0 unspecified atom stereocenters. The Morgan fingerprint density at radius 1 is 1.26 bits per heavy atom. The van der Waals surface area contributed by atoms with Crippen LogP contribution in [0.3, 0.4) is 0 Å². The summed E-state index contributed by atoms with van der Waals surface area (Å²) in [5.74, 6) is -0.845. The molecule has 1 aromatic rings. The number of methoxy groups -OCH3 is 1. The van der Waals surface area contributed by atoms with Crippen LogP contribution in [0, 0.1) is 5.92 Å². The molecule has 0 spiro atoms. The standard InChI is InChI=1S/C12H16ClNO4S/c1-8(2)11(12(15)18-3)14-19(16,17)10-6-4-9(13)5-7-10/h4-8,11,14H,1-3H3/t11-/m1/s1. The number of hydrogen-bond acceptors (Lipinski definition) is 4. The molecule has 0 aliphatic heterocycles. The van der Waals surface area contributed by atoms with Crippen molar-refractivity contribution in [3.8, 4) is 0 Å². The van der Waals surface area contributed by atoms with E-state index in [9.17, 15) is 13.2 Å². The summed E-state index contributed by atoms with van der Waals surface area (Å²) in [6, 6.07) is 4.77. The fourth-order valence-corrected chi connectivity index (χ4v) is 2.89. The normalized spacial score (nSPS) is 13.3. The minimum Gasteiger partial charge on any atom is -0.468 e. The predicted molar refractivity (Wildman–Crippen MR) is 72.4 cm³/mol. The van der Waals surface area contributed by atoms with Gasteiger partial charge in [0.1, 0.15) is 6.04 Å². The fourth-order valence-electron chi connectivity index (χ4n) is 1.43. The minimum absolute atomic E-state index is 0.0476. The molecule has 0 aliphatic rings. The lowest BCUT2D eigenvalue weighted by atomic mass is 10.1. The van der Waals surface area contributed by atoms with Crippen LogP contribution in [0.4, 0.5) is 0 Å². The number of halogens is 1. The van der Waals surface area contributed by atoms with Gasteiger partial charge >= 0.3 is 5.97 Å². The van der Waals surface area contributed by atoms with Crippen molar-refractivity contribution in [2.45, 2.75) is 24.8 Å². The van der Waals surface area contributed by atoms with Crippen LogP contribution in [0.25, 0.3) is 0 Å². The van der Waals surface area contributed by atoms with Crippen molar-refractivity contribution in [1.82, 2.24) is 4.72 Å². The molecule has 0 saturated heterocycles. The average molecular weight is 306 g/mol. The van der Waals surface area contributed by atoms with Gasteiger partial charge in [-0.2, -0.15) is 4.72 Å². The maximum atomic E-state index is 12.1. The average Bonchev–Trinajstić information content (AvgIpc) is 2.35. The lowest BCUT2D eigenvalue weighted by Crippen LogP contribution is -2.44. The zero-order chi connectivity index (χ0) is 14.6. The number of sulfonamides is 1.